The van der Waals surface area contributed by atoms with Gasteiger partial charge in [-0.25, -0.2) is 9.18 Å². The largest absolute Gasteiger partial charge is 0.465 e. The Kier molecular flexibility index (Phi) is 4.60. The zero-order chi connectivity index (χ0) is 14.7. The summed E-state index contributed by atoms with van der Waals surface area (Å²) in [4.78, 5) is 12.2. The Balaban J connectivity index is 2.26. The van der Waals surface area contributed by atoms with Crippen molar-refractivity contribution in [2.45, 2.75) is 31.6 Å². The summed E-state index contributed by atoms with van der Waals surface area (Å²) in [5.41, 5.74) is 1.30. The van der Waals surface area contributed by atoms with Crippen molar-refractivity contribution in [2.75, 3.05) is 18.6 Å². The van der Waals surface area contributed by atoms with E-state index < -0.39 is 6.09 Å². The van der Waals surface area contributed by atoms with E-state index in [1.807, 2.05) is 0 Å². The summed E-state index contributed by atoms with van der Waals surface area (Å²) in [5, 5.41) is 18.3. The van der Waals surface area contributed by atoms with Gasteiger partial charge in [-0.1, -0.05) is 0 Å². The fourth-order valence-corrected chi connectivity index (χ4v) is 2.92. The summed E-state index contributed by atoms with van der Waals surface area (Å²) in [5.74, 6) is 0.137. The van der Waals surface area contributed by atoms with Crippen LogP contribution in [0.4, 0.5) is 14.9 Å². The third-order valence-corrected chi connectivity index (χ3v) is 4.18. The van der Waals surface area contributed by atoms with Crippen molar-refractivity contribution in [1.29, 1.82) is 0 Å². The highest BCUT2D eigenvalue weighted by Gasteiger charge is 2.26. The molecule has 0 aliphatic heterocycles. The molecule has 0 saturated heterocycles. The summed E-state index contributed by atoms with van der Waals surface area (Å²) in [7, 11) is 1.47. The van der Waals surface area contributed by atoms with E-state index in [1.54, 1.807) is 0 Å². The first-order chi connectivity index (χ1) is 9.52. The molecule has 1 amide bonds. The van der Waals surface area contributed by atoms with Crippen molar-refractivity contribution in [3.05, 3.63) is 29.6 Å². The van der Waals surface area contributed by atoms with E-state index in [0.29, 0.717) is 11.6 Å². The maximum Gasteiger partial charge on any atom is 0.411 e. The van der Waals surface area contributed by atoms with E-state index in [4.69, 9.17) is 10.2 Å². The minimum Gasteiger partial charge on any atom is -0.465 e. The van der Waals surface area contributed by atoms with Crippen LogP contribution in [0.3, 0.4) is 0 Å². The van der Waals surface area contributed by atoms with Gasteiger partial charge in [-0.2, -0.15) is 0 Å². The second-order valence-electron chi connectivity index (χ2n) is 5.44. The van der Waals surface area contributed by atoms with Gasteiger partial charge in [-0.15, -0.1) is 0 Å². The van der Waals surface area contributed by atoms with Crippen molar-refractivity contribution >= 4 is 11.8 Å². The number of carboxylic acid groups (broad SMARTS) is 1. The molecule has 20 heavy (non-hydrogen) atoms. The predicted molar refractivity (Wildman–Crippen MR) is 74.6 cm³/mol. The van der Waals surface area contributed by atoms with Crippen LogP contribution in [0.25, 0.3) is 0 Å². The molecule has 1 fully saturated rings. The average Bonchev–Trinajstić information content (AvgIpc) is 2.46. The Morgan fingerprint density at radius 2 is 2.00 bits per heavy atom. The molecule has 4 nitrogen and oxygen atoms in total. The lowest BCUT2D eigenvalue weighted by atomic mass is 9.78. The van der Waals surface area contributed by atoms with E-state index in [9.17, 15) is 9.18 Å². The zero-order valence-electron chi connectivity index (χ0n) is 11.6. The molecule has 0 radical (unpaired) electrons. The Morgan fingerprint density at radius 3 is 2.55 bits per heavy atom. The normalized spacial score (nSPS) is 22.6. The van der Waals surface area contributed by atoms with E-state index in [0.717, 1.165) is 36.1 Å². The Hall–Kier alpha value is -1.62. The third-order valence-electron chi connectivity index (χ3n) is 4.18. The number of aliphatic hydroxyl groups excluding tert-OH is 1. The van der Waals surface area contributed by atoms with Gasteiger partial charge in [0.25, 0.3) is 0 Å². The molecule has 0 aromatic heterocycles. The molecule has 1 saturated carbocycles. The predicted octanol–water partition coefficient (Wildman–Crippen LogP) is 3.21. The third kappa shape index (κ3) is 3.10. The molecule has 0 atom stereocenters. The molecule has 0 unspecified atom stereocenters. The number of nitrogens with zero attached hydrogens (tertiary/aromatic N) is 1. The van der Waals surface area contributed by atoms with Gasteiger partial charge in [-0.05, 0) is 61.3 Å². The van der Waals surface area contributed by atoms with Gasteiger partial charge < -0.3 is 10.2 Å². The first-order valence-corrected chi connectivity index (χ1v) is 6.90. The van der Waals surface area contributed by atoms with Gasteiger partial charge in [0.15, 0.2) is 0 Å². The highest BCUT2D eigenvalue weighted by molar-refractivity contribution is 5.86. The monoisotopic (exact) mass is 281 g/mol. The summed E-state index contributed by atoms with van der Waals surface area (Å²) >= 11 is 0. The number of carbonyl (C=O) groups is 1. The number of aliphatic hydroxyl groups is 1. The molecular weight excluding hydrogens is 261 g/mol. The van der Waals surface area contributed by atoms with Crippen LogP contribution >= 0.6 is 0 Å². The first kappa shape index (κ1) is 14.8. The lowest BCUT2D eigenvalue weighted by molar-refractivity contribution is 0.182. The van der Waals surface area contributed by atoms with Crippen molar-refractivity contribution in [1.82, 2.24) is 0 Å². The van der Waals surface area contributed by atoms with Crippen LogP contribution in [-0.4, -0.2) is 30.0 Å². The second-order valence-corrected chi connectivity index (χ2v) is 5.44. The van der Waals surface area contributed by atoms with E-state index in [-0.39, 0.29) is 18.3 Å². The van der Waals surface area contributed by atoms with Crippen molar-refractivity contribution in [3.8, 4) is 0 Å². The molecule has 5 heteroatoms. The molecule has 1 aromatic carbocycles. The number of halogens is 1. The molecule has 110 valence electrons. The van der Waals surface area contributed by atoms with Crippen LogP contribution in [0.5, 0.6) is 0 Å². The van der Waals surface area contributed by atoms with E-state index in [2.05, 4.69) is 0 Å². The molecule has 1 aromatic rings. The maximum atomic E-state index is 13.5. The summed E-state index contributed by atoms with van der Waals surface area (Å²) in [6.07, 6.45) is 2.45. The van der Waals surface area contributed by atoms with Crippen LogP contribution in [0.15, 0.2) is 18.2 Å². The van der Waals surface area contributed by atoms with Crippen LogP contribution in [0.2, 0.25) is 0 Å². The van der Waals surface area contributed by atoms with E-state index >= 15 is 0 Å². The maximum absolute atomic E-state index is 13.5. The van der Waals surface area contributed by atoms with Gasteiger partial charge in [-0.3, -0.25) is 4.90 Å². The van der Waals surface area contributed by atoms with Gasteiger partial charge in [0.2, 0.25) is 0 Å². The molecule has 2 N–H and O–H groups in total. The topological polar surface area (TPSA) is 60.8 Å². The lowest BCUT2D eigenvalue weighted by Gasteiger charge is -2.30. The zero-order valence-corrected chi connectivity index (χ0v) is 11.6. The molecule has 0 heterocycles. The number of anilines is 1. The van der Waals surface area contributed by atoms with Crippen LogP contribution in [0.1, 0.15) is 37.2 Å². The Bertz CT molecular complexity index is 484. The standard InChI is InChI=1S/C15H20FNO3/c1-17(15(19)20)14-7-6-12(16)8-13(14)11-4-2-10(9-18)3-5-11/h6-8,10-11,18H,2-5,9H2,1H3,(H,19,20)/t10-,11-. The smallest absolute Gasteiger partial charge is 0.411 e. The number of amides is 1. The fourth-order valence-electron chi connectivity index (χ4n) is 2.92. The molecule has 1 aliphatic carbocycles. The van der Waals surface area contributed by atoms with Crippen LogP contribution < -0.4 is 4.90 Å². The van der Waals surface area contributed by atoms with Gasteiger partial charge in [0, 0.05) is 13.7 Å². The van der Waals surface area contributed by atoms with Crippen molar-refractivity contribution in [3.63, 3.8) is 0 Å². The highest BCUT2D eigenvalue weighted by Crippen LogP contribution is 2.39. The SMILES string of the molecule is CN(C(=O)O)c1ccc(F)cc1[C@H]1CC[C@H](CO)CC1. The fraction of sp³-hybridized carbons (Fsp3) is 0.533. The second kappa shape index (κ2) is 6.22. The summed E-state index contributed by atoms with van der Waals surface area (Å²) < 4.78 is 13.5. The first-order valence-electron chi connectivity index (χ1n) is 6.90. The number of rotatable bonds is 3. The molecule has 2 rings (SSSR count). The van der Waals surface area contributed by atoms with Crippen molar-refractivity contribution in [2.24, 2.45) is 5.92 Å². The highest BCUT2D eigenvalue weighted by atomic mass is 19.1. The van der Waals surface area contributed by atoms with Crippen LogP contribution in [-0.2, 0) is 0 Å². The number of hydrogen-bond donors (Lipinski definition) is 2. The molecule has 0 spiro atoms. The van der Waals surface area contributed by atoms with Gasteiger partial charge in [0.05, 0.1) is 5.69 Å². The minimum absolute atomic E-state index is 0.158. The average molecular weight is 281 g/mol. The molecular formula is C15H20FNO3. The number of hydrogen-bond acceptors (Lipinski definition) is 2. The summed E-state index contributed by atoms with van der Waals surface area (Å²) in [6, 6.07) is 4.26. The summed E-state index contributed by atoms with van der Waals surface area (Å²) in [6.45, 7) is 0.192. The van der Waals surface area contributed by atoms with Crippen LogP contribution in [0, 0.1) is 11.7 Å². The van der Waals surface area contributed by atoms with Crippen molar-refractivity contribution < 1.29 is 19.4 Å². The molecule has 1 aliphatic rings. The lowest BCUT2D eigenvalue weighted by Crippen LogP contribution is -2.26. The molecule has 0 bridgehead atoms. The van der Waals surface area contributed by atoms with Gasteiger partial charge in [0.1, 0.15) is 5.82 Å². The van der Waals surface area contributed by atoms with Gasteiger partial charge >= 0.3 is 6.09 Å². The quantitative estimate of drug-likeness (QED) is 0.894. The Labute approximate surface area is 117 Å². The Morgan fingerprint density at radius 1 is 1.35 bits per heavy atom. The minimum atomic E-state index is -1.05. The number of benzene rings is 1. The van der Waals surface area contributed by atoms with E-state index in [1.165, 1.54) is 25.2 Å².